The highest BCUT2D eigenvalue weighted by Crippen LogP contribution is 2.34. The standard InChI is InChI=1S/C19H20BrClN2O3S/c1-3-22(27(25,26)17-7-5-16(21)6-8-17)12-19(24)23-13(2)10-14-11-15(20)4-9-18(14)23/h4-9,11,13H,3,10,12H2,1-2H3/t13-/m1/s1. The summed E-state index contributed by atoms with van der Waals surface area (Å²) in [6, 6.07) is 11.7. The van der Waals surface area contributed by atoms with Crippen molar-refractivity contribution in [1.82, 2.24) is 4.31 Å². The fraction of sp³-hybridized carbons (Fsp3) is 0.316. The molecular formula is C19H20BrClN2O3S. The zero-order valence-electron chi connectivity index (χ0n) is 15.0. The number of anilines is 1. The molecule has 1 atom stereocenters. The van der Waals surface area contributed by atoms with Gasteiger partial charge < -0.3 is 4.90 Å². The van der Waals surface area contributed by atoms with Crippen molar-refractivity contribution >= 4 is 49.1 Å². The van der Waals surface area contributed by atoms with Crippen molar-refractivity contribution in [3.63, 3.8) is 0 Å². The van der Waals surface area contributed by atoms with E-state index >= 15 is 0 Å². The summed E-state index contributed by atoms with van der Waals surface area (Å²) in [5, 5.41) is 0.460. The van der Waals surface area contributed by atoms with Crippen molar-refractivity contribution in [3.05, 3.63) is 57.5 Å². The van der Waals surface area contributed by atoms with Gasteiger partial charge in [0.25, 0.3) is 0 Å². The summed E-state index contributed by atoms with van der Waals surface area (Å²) in [4.78, 5) is 14.8. The van der Waals surface area contributed by atoms with E-state index in [1.54, 1.807) is 11.8 Å². The van der Waals surface area contributed by atoms with Gasteiger partial charge in [0.15, 0.2) is 0 Å². The van der Waals surface area contributed by atoms with Gasteiger partial charge in [-0.3, -0.25) is 4.79 Å². The van der Waals surface area contributed by atoms with Crippen molar-refractivity contribution in [2.24, 2.45) is 0 Å². The first-order valence-corrected chi connectivity index (χ1v) is 11.2. The number of fused-ring (bicyclic) bond motifs is 1. The maximum absolute atomic E-state index is 13.0. The summed E-state index contributed by atoms with van der Waals surface area (Å²) >= 11 is 9.30. The predicted octanol–water partition coefficient (Wildman–Crippen LogP) is 4.09. The van der Waals surface area contributed by atoms with Crippen LogP contribution in [0.2, 0.25) is 5.02 Å². The maximum Gasteiger partial charge on any atom is 0.243 e. The van der Waals surface area contributed by atoms with E-state index in [-0.39, 0.29) is 29.9 Å². The van der Waals surface area contributed by atoms with Gasteiger partial charge in [-0.1, -0.05) is 34.5 Å². The molecule has 0 saturated heterocycles. The van der Waals surface area contributed by atoms with Crippen molar-refractivity contribution in [2.45, 2.75) is 31.2 Å². The SMILES string of the molecule is CCN(CC(=O)N1c2ccc(Br)cc2C[C@H]1C)S(=O)(=O)c1ccc(Cl)cc1. The molecule has 1 amide bonds. The Morgan fingerprint density at radius 3 is 2.56 bits per heavy atom. The summed E-state index contributed by atoms with van der Waals surface area (Å²) in [5.41, 5.74) is 1.92. The van der Waals surface area contributed by atoms with Crippen LogP contribution in [0.5, 0.6) is 0 Å². The normalized spacial score (nSPS) is 16.6. The molecular weight excluding hydrogens is 452 g/mol. The maximum atomic E-state index is 13.0. The van der Waals surface area contributed by atoms with E-state index in [1.165, 1.54) is 28.6 Å². The van der Waals surface area contributed by atoms with Gasteiger partial charge in [0.05, 0.1) is 11.4 Å². The molecule has 27 heavy (non-hydrogen) atoms. The molecule has 2 aromatic rings. The zero-order valence-corrected chi connectivity index (χ0v) is 18.2. The average Bonchev–Trinajstić information content (AvgIpc) is 2.94. The summed E-state index contributed by atoms with van der Waals surface area (Å²) < 4.78 is 28.0. The Labute approximate surface area is 173 Å². The van der Waals surface area contributed by atoms with Gasteiger partial charge >= 0.3 is 0 Å². The molecule has 2 aromatic carbocycles. The molecule has 8 heteroatoms. The van der Waals surface area contributed by atoms with Crippen molar-refractivity contribution in [3.8, 4) is 0 Å². The minimum absolute atomic E-state index is 0.0151. The quantitative estimate of drug-likeness (QED) is 0.660. The van der Waals surface area contributed by atoms with Crippen LogP contribution in [-0.4, -0.2) is 37.8 Å². The fourth-order valence-electron chi connectivity index (χ4n) is 3.33. The highest BCUT2D eigenvalue weighted by molar-refractivity contribution is 9.10. The van der Waals surface area contributed by atoms with Crippen LogP contribution in [0.3, 0.4) is 0 Å². The number of nitrogens with zero attached hydrogens (tertiary/aromatic N) is 2. The predicted molar refractivity (Wildman–Crippen MR) is 111 cm³/mol. The molecule has 5 nitrogen and oxygen atoms in total. The smallest absolute Gasteiger partial charge is 0.243 e. The molecule has 1 aliphatic heterocycles. The number of halogens is 2. The van der Waals surface area contributed by atoms with E-state index in [0.717, 1.165) is 22.1 Å². The first-order chi connectivity index (χ1) is 12.7. The number of likely N-dealkylation sites (N-methyl/N-ethyl adjacent to an activating group) is 1. The Morgan fingerprint density at radius 1 is 1.26 bits per heavy atom. The van der Waals surface area contributed by atoms with Crippen LogP contribution in [0.4, 0.5) is 5.69 Å². The molecule has 0 aromatic heterocycles. The molecule has 0 spiro atoms. The number of hydrogen-bond acceptors (Lipinski definition) is 3. The first kappa shape index (κ1) is 20.3. The third kappa shape index (κ3) is 4.06. The van der Waals surface area contributed by atoms with Gasteiger partial charge in [-0.25, -0.2) is 8.42 Å². The lowest BCUT2D eigenvalue weighted by Crippen LogP contribution is -2.45. The van der Waals surface area contributed by atoms with E-state index in [0.29, 0.717) is 5.02 Å². The van der Waals surface area contributed by atoms with Crippen LogP contribution < -0.4 is 4.90 Å². The zero-order chi connectivity index (χ0) is 19.8. The lowest BCUT2D eigenvalue weighted by molar-refractivity contribution is -0.119. The topological polar surface area (TPSA) is 57.7 Å². The van der Waals surface area contributed by atoms with Gasteiger partial charge in [0.2, 0.25) is 15.9 Å². The molecule has 1 aliphatic rings. The van der Waals surface area contributed by atoms with Crippen LogP contribution in [0.25, 0.3) is 0 Å². The summed E-state index contributed by atoms with van der Waals surface area (Å²) in [6.45, 7) is 3.68. The molecule has 1 heterocycles. The Bertz CT molecular complexity index is 963. The van der Waals surface area contributed by atoms with Crippen molar-refractivity contribution in [1.29, 1.82) is 0 Å². The molecule has 0 fully saturated rings. The third-order valence-corrected chi connectivity index (χ3v) is 7.32. The number of sulfonamides is 1. The monoisotopic (exact) mass is 470 g/mol. The third-order valence-electron chi connectivity index (χ3n) is 4.64. The minimum Gasteiger partial charge on any atom is -0.308 e. The van der Waals surface area contributed by atoms with Crippen LogP contribution in [-0.2, 0) is 21.2 Å². The number of carbonyl (C=O) groups excluding carboxylic acids is 1. The van der Waals surface area contributed by atoms with Gasteiger partial charge in [-0.2, -0.15) is 4.31 Å². The second-order valence-electron chi connectivity index (χ2n) is 6.48. The number of benzene rings is 2. The Hall–Kier alpha value is -1.41. The van der Waals surface area contributed by atoms with E-state index in [4.69, 9.17) is 11.6 Å². The lowest BCUT2D eigenvalue weighted by Gasteiger charge is -2.27. The molecule has 144 valence electrons. The van der Waals surface area contributed by atoms with Gasteiger partial charge in [-0.15, -0.1) is 0 Å². The Morgan fingerprint density at radius 2 is 1.93 bits per heavy atom. The molecule has 0 saturated carbocycles. The Kier molecular flexibility index (Phi) is 5.96. The highest BCUT2D eigenvalue weighted by Gasteiger charge is 2.34. The van der Waals surface area contributed by atoms with Crippen molar-refractivity contribution < 1.29 is 13.2 Å². The number of carbonyl (C=O) groups is 1. The summed E-state index contributed by atoms with van der Waals surface area (Å²) in [5.74, 6) is -0.233. The summed E-state index contributed by atoms with van der Waals surface area (Å²) in [7, 11) is -3.77. The minimum atomic E-state index is -3.77. The van der Waals surface area contributed by atoms with E-state index in [2.05, 4.69) is 15.9 Å². The number of rotatable bonds is 5. The molecule has 0 radical (unpaired) electrons. The number of amides is 1. The van der Waals surface area contributed by atoms with Crippen LogP contribution in [0.15, 0.2) is 51.8 Å². The Balaban J connectivity index is 1.85. The lowest BCUT2D eigenvalue weighted by atomic mass is 10.1. The summed E-state index contributed by atoms with van der Waals surface area (Å²) in [6.07, 6.45) is 0.747. The van der Waals surface area contributed by atoms with E-state index in [9.17, 15) is 13.2 Å². The molecule has 0 aliphatic carbocycles. The first-order valence-electron chi connectivity index (χ1n) is 8.60. The van der Waals surface area contributed by atoms with Gasteiger partial charge in [-0.05, 0) is 61.4 Å². The number of hydrogen-bond donors (Lipinski definition) is 0. The second kappa shape index (κ2) is 7.91. The van der Waals surface area contributed by atoms with E-state index < -0.39 is 10.0 Å². The average molecular weight is 472 g/mol. The molecule has 0 unspecified atom stereocenters. The van der Waals surface area contributed by atoms with Crippen LogP contribution in [0.1, 0.15) is 19.4 Å². The van der Waals surface area contributed by atoms with Gasteiger partial charge in [0, 0.05) is 27.8 Å². The van der Waals surface area contributed by atoms with Crippen LogP contribution >= 0.6 is 27.5 Å². The molecule has 3 rings (SSSR count). The highest BCUT2D eigenvalue weighted by atomic mass is 79.9. The second-order valence-corrected chi connectivity index (χ2v) is 9.77. The fourth-order valence-corrected chi connectivity index (χ4v) is 5.26. The van der Waals surface area contributed by atoms with Gasteiger partial charge in [0.1, 0.15) is 0 Å². The van der Waals surface area contributed by atoms with E-state index in [1.807, 2.05) is 25.1 Å². The largest absolute Gasteiger partial charge is 0.308 e. The molecule has 0 bridgehead atoms. The van der Waals surface area contributed by atoms with Crippen molar-refractivity contribution in [2.75, 3.05) is 18.0 Å². The molecule has 0 N–H and O–H groups in total. The van der Waals surface area contributed by atoms with Crippen LogP contribution in [0, 0.1) is 0 Å².